The van der Waals surface area contributed by atoms with E-state index in [2.05, 4.69) is 5.32 Å². The van der Waals surface area contributed by atoms with Gasteiger partial charge in [-0.05, 0) is 37.3 Å². The van der Waals surface area contributed by atoms with Crippen molar-refractivity contribution in [1.82, 2.24) is 0 Å². The SMILES string of the molecule is CC(O)c1ccccc1NC(=O)c1ccc(-c2ccccc2F)o1. The molecule has 2 N–H and O–H groups in total. The van der Waals surface area contributed by atoms with Crippen molar-refractivity contribution in [2.45, 2.75) is 13.0 Å². The minimum Gasteiger partial charge on any atom is -0.451 e. The van der Waals surface area contributed by atoms with Crippen LogP contribution in [0.1, 0.15) is 29.1 Å². The van der Waals surface area contributed by atoms with E-state index in [4.69, 9.17) is 4.42 Å². The molecule has 0 spiro atoms. The molecule has 5 heteroatoms. The molecule has 0 aliphatic rings. The lowest BCUT2D eigenvalue weighted by molar-refractivity contribution is 0.0997. The summed E-state index contributed by atoms with van der Waals surface area (Å²) in [5, 5.41) is 12.5. The molecule has 3 rings (SSSR count). The second-order valence-electron chi connectivity index (χ2n) is 5.36. The van der Waals surface area contributed by atoms with E-state index < -0.39 is 17.8 Å². The number of hydrogen-bond donors (Lipinski definition) is 2. The van der Waals surface area contributed by atoms with Crippen LogP contribution in [0.4, 0.5) is 10.1 Å². The van der Waals surface area contributed by atoms with Crippen molar-refractivity contribution in [3.63, 3.8) is 0 Å². The first-order chi connectivity index (χ1) is 11.6. The highest BCUT2D eigenvalue weighted by atomic mass is 19.1. The third-order valence-corrected chi connectivity index (χ3v) is 3.63. The van der Waals surface area contributed by atoms with Gasteiger partial charge >= 0.3 is 0 Å². The van der Waals surface area contributed by atoms with Crippen LogP contribution in [0.5, 0.6) is 0 Å². The third kappa shape index (κ3) is 3.21. The Labute approximate surface area is 138 Å². The highest BCUT2D eigenvalue weighted by molar-refractivity contribution is 6.03. The Hall–Kier alpha value is -2.92. The summed E-state index contributed by atoms with van der Waals surface area (Å²) in [7, 11) is 0. The molecule has 0 saturated heterocycles. The first-order valence-corrected chi connectivity index (χ1v) is 7.49. The van der Waals surface area contributed by atoms with Crippen molar-refractivity contribution in [2.75, 3.05) is 5.32 Å². The van der Waals surface area contributed by atoms with Gasteiger partial charge < -0.3 is 14.8 Å². The molecule has 1 heterocycles. The van der Waals surface area contributed by atoms with E-state index in [0.717, 1.165) is 0 Å². The van der Waals surface area contributed by atoms with Crippen LogP contribution < -0.4 is 5.32 Å². The first kappa shape index (κ1) is 16.0. The number of aliphatic hydroxyl groups is 1. The van der Waals surface area contributed by atoms with Crippen LogP contribution >= 0.6 is 0 Å². The van der Waals surface area contributed by atoms with Crippen LogP contribution in [0.15, 0.2) is 65.1 Å². The maximum Gasteiger partial charge on any atom is 0.291 e. The molecule has 0 saturated carbocycles. The molecule has 0 aliphatic heterocycles. The largest absolute Gasteiger partial charge is 0.451 e. The van der Waals surface area contributed by atoms with Crippen molar-refractivity contribution in [2.24, 2.45) is 0 Å². The average molecular weight is 325 g/mol. The number of carbonyl (C=O) groups is 1. The maximum absolute atomic E-state index is 13.8. The summed E-state index contributed by atoms with van der Waals surface area (Å²) in [6, 6.07) is 16.2. The van der Waals surface area contributed by atoms with E-state index in [1.165, 1.54) is 12.1 Å². The number of carbonyl (C=O) groups excluding carboxylic acids is 1. The average Bonchev–Trinajstić information content (AvgIpc) is 3.05. The number of hydrogen-bond acceptors (Lipinski definition) is 3. The van der Waals surface area contributed by atoms with Gasteiger partial charge in [0.2, 0.25) is 0 Å². The second-order valence-corrected chi connectivity index (χ2v) is 5.36. The van der Waals surface area contributed by atoms with Crippen molar-refractivity contribution < 1.29 is 18.7 Å². The molecule has 122 valence electrons. The van der Waals surface area contributed by atoms with E-state index >= 15 is 0 Å². The Morgan fingerprint density at radius 2 is 1.79 bits per heavy atom. The summed E-state index contributed by atoms with van der Waals surface area (Å²) in [5.41, 5.74) is 1.40. The smallest absolute Gasteiger partial charge is 0.291 e. The molecule has 0 bridgehead atoms. The van der Waals surface area contributed by atoms with Crippen LogP contribution in [0, 0.1) is 5.82 Å². The zero-order valence-corrected chi connectivity index (χ0v) is 13.0. The van der Waals surface area contributed by atoms with Crippen molar-refractivity contribution in [1.29, 1.82) is 0 Å². The summed E-state index contributed by atoms with van der Waals surface area (Å²) in [6.07, 6.45) is -0.716. The maximum atomic E-state index is 13.8. The summed E-state index contributed by atoms with van der Waals surface area (Å²) in [4.78, 5) is 12.3. The van der Waals surface area contributed by atoms with Gasteiger partial charge in [0.25, 0.3) is 5.91 Å². The lowest BCUT2D eigenvalue weighted by atomic mass is 10.1. The van der Waals surface area contributed by atoms with Gasteiger partial charge in [0, 0.05) is 11.3 Å². The lowest BCUT2D eigenvalue weighted by Crippen LogP contribution is -2.13. The molecule has 1 amide bonds. The van der Waals surface area contributed by atoms with Gasteiger partial charge in [-0.3, -0.25) is 4.79 Å². The summed E-state index contributed by atoms with van der Waals surface area (Å²) >= 11 is 0. The molecule has 1 atom stereocenters. The van der Waals surface area contributed by atoms with Crippen LogP contribution in [0.2, 0.25) is 0 Å². The van der Waals surface area contributed by atoms with E-state index in [1.807, 2.05) is 0 Å². The molecule has 1 aromatic heterocycles. The van der Waals surface area contributed by atoms with E-state index in [1.54, 1.807) is 55.5 Å². The van der Waals surface area contributed by atoms with Crippen LogP contribution in [-0.2, 0) is 0 Å². The standard InChI is InChI=1S/C19H16FNO3/c1-12(22)13-6-3-5-9-16(13)21-19(23)18-11-10-17(24-18)14-7-2-4-8-15(14)20/h2-12,22H,1H3,(H,21,23). The van der Waals surface area contributed by atoms with Gasteiger partial charge in [0.05, 0.1) is 11.7 Å². The molecular formula is C19H16FNO3. The van der Waals surface area contributed by atoms with Crippen molar-refractivity contribution in [3.05, 3.63) is 77.8 Å². The quantitative estimate of drug-likeness (QED) is 0.748. The number of rotatable bonds is 4. The van der Waals surface area contributed by atoms with Gasteiger partial charge in [-0.1, -0.05) is 30.3 Å². The fourth-order valence-electron chi connectivity index (χ4n) is 2.42. The Morgan fingerprint density at radius 3 is 2.54 bits per heavy atom. The van der Waals surface area contributed by atoms with Crippen LogP contribution in [0.25, 0.3) is 11.3 Å². The van der Waals surface area contributed by atoms with Gasteiger partial charge in [0.15, 0.2) is 5.76 Å². The minimum absolute atomic E-state index is 0.0636. The van der Waals surface area contributed by atoms with E-state index in [0.29, 0.717) is 16.8 Å². The molecule has 0 aliphatic carbocycles. The summed E-state index contributed by atoms with van der Waals surface area (Å²) in [6.45, 7) is 1.62. The number of benzene rings is 2. The minimum atomic E-state index is -0.716. The Kier molecular flexibility index (Phi) is 4.44. The fraction of sp³-hybridized carbons (Fsp3) is 0.105. The molecule has 24 heavy (non-hydrogen) atoms. The normalized spacial score (nSPS) is 12.0. The topological polar surface area (TPSA) is 62.5 Å². The zero-order valence-electron chi connectivity index (χ0n) is 13.0. The van der Waals surface area contributed by atoms with Gasteiger partial charge in [-0.15, -0.1) is 0 Å². The molecule has 4 nitrogen and oxygen atoms in total. The molecular weight excluding hydrogens is 309 g/mol. The highest BCUT2D eigenvalue weighted by Gasteiger charge is 2.16. The fourth-order valence-corrected chi connectivity index (χ4v) is 2.42. The number of furan rings is 1. The second kappa shape index (κ2) is 6.68. The Morgan fingerprint density at radius 1 is 1.08 bits per heavy atom. The molecule has 0 fully saturated rings. The molecule has 0 radical (unpaired) electrons. The van der Waals surface area contributed by atoms with Crippen molar-refractivity contribution in [3.8, 4) is 11.3 Å². The monoisotopic (exact) mass is 325 g/mol. The number of halogens is 1. The van der Waals surface area contributed by atoms with E-state index in [9.17, 15) is 14.3 Å². The number of anilines is 1. The Bertz CT molecular complexity index is 870. The molecule has 3 aromatic rings. The molecule has 1 unspecified atom stereocenters. The van der Waals surface area contributed by atoms with Crippen LogP contribution in [-0.4, -0.2) is 11.0 Å². The zero-order chi connectivity index (χ0) is 17.1. The van der Waals surface area contributed by atoms with Gasteiger partial charge in [-0.2, -0.15) is 0 Å². The predicted octanol–water partition coefficient (Wildman–Crippen LogP) is 4.39. The number of amides is 1. The van der Waals surface area contributed by atoms with Crippen LogP contribution in [0.3, 0.4) is 0 Å². The first-order valence-electron chi connectivity index (χ1n) is 7.49. The summed E-state index contributed by atoms with van der Waals surface area (Å²) < 4.78 is 19.3. The van der Waals surface area contributed by atoms with Gasteiger partial charge in [-0.25, -0.2) is 4.39 Å². The highest BCUT2D eigenvalue weighted by Crippen LogP contribution is 2.26. The Balaban J connectivity index is 1.84. The third-order valence-electron chi connectivity index (χ3n) is 3.63. The lowest BCUT2D eigenvalue weighted by Gasteiger charge is -2.12. The summed E-state index contributed by atoms with van der Waals surface area (Å²) in [5.74, 6) is -0.542. The predicted molar refractivity (Wildman–Crippen MR) is 89.1 cm³/mol. The number of aliphatic hydroxyl groups excluding tert-OH is 1. The molecule has 2 aromatic carbocycles. The number of nitrogens with one attached hydrogen (secondary N) is 1. The van der Waals surface area contributed by atoms with Gasteiger partial charge in [0.1, 0.15) is 11.6 Å². The van der Waals surface area contributed by atoms with Crippen molar-refractivity contribution >= 4 is 11.6 Å². The number of para-hydroxylation sites is 1. The van der Waals surface area contributed by atoms with E-state index in [-0.39, 0.29) is 11.5 Å².